The van der Waals surface area contributed by atoms with E-state index in [1.807, 2.05) is 0 Å². The molecule has 1 heteroatoms. The summed E-state index contributed by atoms with van der Waals surface area (Å²) in [5.74, 6) is 0. The molecule has 1 saturated carbocycles. The van der Waals surface area contributed by atoms with Crippen LogP contribution in [0, 0.1) is 0 Å². The molecule has 12 heavy (non-hydrogen) atoms. The van der Waals surface area contributed by atoms with Crippen molar-refractivity contribution in [2.24, 2.45) is 0 Å². The van der Waals surface area contributed by atoms with Crippen molar-refractivity contribution in [3.05, 3.63) is 12.3 Å². The first-order valence-corrected chi connectivity index (χ1v) is 5.12. The Morgan fingerprint density at radius 3 is 2.33 bits per heavy atom. The van der Waals surface area contributed by atoms with E-state index in [0.717, 1.165) is 5.70 Å². The number of nitrogens with one attached hydrogen (secondary N) is 1. The van der Waals surface area contributed by atoms with Crippen molar-refractivity contribution in [3.8, 4) is 0 Å². The quantitative estimate of drug-likeness (QED) is 0.680. The first kappa shape index (κ1) is 9.63. The first-order valence-electron chi connectivity index (χ1n) is 5.12. The van der Waals surface area contributed by atoms with E-state index >= 15 is 0 Å². The molecule has 0 aromatic rings. The lowest BCUT2D eigenvalue weighted by atomic mass is 9.79. The minimum Gasteiger partial charge on any atom is -0.384 e. The second-order valence-electron chi connectivity index (χ2n) is 4.10. The predicted molar refractivity (Wildman–Crippen MR) is 54.1 cm³/mol. The van der Waals surface area contributed by atoms with Crippen LogP contribution in [0.3, 0.4) is 0 Å². The fourth-order valence-electron chi connectivity index (χ4n) is 2.25. The third-order valence-corrected chi connectivity index (χ3v) is 2.97. The van der Waals surface area contributed by atoms with Gasteiger partial charge in [-0.25, -0.2) is 0 Å². The van der Waals surface area contributed by atoms with Gasteiger partial charge in [0.25, 0.3) is 0 Å². The molecule has 1 N–H and O–H groups in total. The summed E-state index contributed by atoms with van der Waals surface area (Å²) in [6.07, 6.45) is 8.08. The molecule has 1 aliphatic carbocycles. The van der Waals surface area contributed by atoms with E-state index in [2.05, 4.69) is 25.7 Å². The van der Waals surface area contributed by atoms with Gasteiger partial charge in [-0.3, -0.25) is 0 Å². The summed E-state index contributed by atoms with van der Waals surface area (Å²) in [6, 6.07) is 0. The van der Waals surface area contributed by atoms with Crippen LogP contribution in [-0.4, -0.2) is 5.54 Å². The molecule has 1 rings (SSSR count). The van der Waals surface area contributed by atoms with Crippen LogP contribution in [0.2, 0.25) is 0 Å². The molecule has 1 aliphatic rings. The van der Waals surface area contributed by atoms with Gasteiger partial charge < -0.3 is 5.32 Å². The zero-order valence-corrected chi connectivity index (χ0v) is 8.45. The van der Waals surface area contributed by atoms with Crippen molar-refractivity contribution < 1.29 is 0 Å². The summed E-state index contributed by atoms with van der Waals surface area (Å²) in [4.78, 5) is 0. The Bertz CT molecular complexity index is 154. The fourth-order valence-corrected chi connectivity index (χ4v) is 2.25. The Hall–Kier alpha value is -0.460. The first-order chi connectivity index (χ1) is 5.68. The Balaban J connectivity index is 2.53. The summed E-state index contributed by atoms with van der Waals surface area (Å²) < 4.78 is 0. The molecule has 0 unspecified atom stereocenters. The Morgan fingerprint density at radius 1 is 1.33 bits per heavy atom. The van der Waals surface area contributed by atoms with Gasteiger partial charge >= 0.3 is 0 Å². The van der Waals surface area contributed by atoms with E-state index in [0.29, 0.717) is 5.54 Å². The summed E-state index contributed by atoms with van der Waals surface area (Å²) in [5.41, 5.74) is 1.52. The Labute approximate surface area is 76.2 Å². The number of allylic oxidation sites excluding steroid dienone is 1. The van der Waals surface area contributed by atoms with Crippen molar-refractivity contribution in [1.82, 2.24) is 5.32 Å². The van der Waals surface area contributed by atoms with Gasteiger partial charge in [-0.15, -0.1) is 0 Å². The lowest BCUT2D eigenvalue weighted by Crippen LogP contribution is -2.44. The maximum atomic E-state index is 3.93. The molecule has 0 bridgehead atoms. The topological polar surface area (TPSA) is 12.0 Å². The van der Waals surface area contributed by atoms with E-state index in [9.17, 15) is 0 Å². The predicted octanol–water partition coefficient (Wildman–Crippen LogP) is 3.22. The Kier molecular flexibility index (Phi) is 3.19. The summed E-state index contributed by atoms with van der Waals surface area (Å²) >= 11 is 0. The monoisotopic (exact) mass is 167 g/mol. The van der Waals surface area contributed by atoms with Gasteiger partial charge in [0.05, 0.1) is 0 Å². The third-order valence-electron chi connectivity index (χ3n) is 2.97. The van der Waals surface area contributed by atoms with Crippen LogP contribution < -0.4 is 5.32 Å². The van der Waals surface area contributed by atoms with Crippen LogP contribution in [0.1, 0.15) is 52.4 Å². The molecule has 0 aromatic heterocycles. The van der Waals surface area contributed by atoms with Crippen LogP contribution >= 0.6 is 0 Å². The maximum absolute atomic E-state index is 3.93. The minimum atomic E-state index is 0.393. The molecule has 0 atom stereocenters. The molecule has 0 aromatic carbocycles. The van der Waals surface area contributed by atoms with Crippen LogP contribution in [0.25, 0.3) is 0 Å². The Morgan fingerprint density at radius 2 is 1.92 bits per heavy atom. The van der Waals surface area contributed by atoms with Crippen molar-refractivity contribution in [2.45, 2.75) is 57.9 Å². The third kappa shape index (κ3) is 2.26. The lowest BCUT2D eigenvalue weighted by molar-refractivity contribution is 0.242. The fraction of sp³-hybridized carbons (Fsp3) is 0.818. The average Bonchev–Trinajstić information content (AvgIpc) is 2.05. The number of hydrogen-bond acceptors (Lipinski definition) is 1. The SMILES string of the molecule is C=C(C)NC1(CC)CCCCC1. The lowest BCUT2D eigenvalue weighted by Gasteiger charge is -2.38. The van der Waals surface area contributed by atoms with Crippen molar-refractivity contribution in [3.63, 3.8) is 0 Å². The molecular weight excluding hydrogens is 146 g/mol. The van der Waals surface area contributed by atoms with Crippen LogP contribution in [0.5, 0.6) is 0 Å². The van der Waals surface area contributed by atoms with Gasteiger partial charge in [0, 0.05) is 11.2 Å². The highest BCUT2D eigenvalue weighted by atomic mass is 15.0. The maximum Gasteiger partial charge on any atom is 0.0367 e. The van der Waals surface area contributed by atoms with Crippen molar-refractivity contribution in [2.75, 3.05) is 0 Å². The molecule has 0 spiro atoms. The summed E-state index contributed by atoms with van der Waals surface area (Å²) in [6.45, 7) is 8.27. The second kappa shape index (κ2) is 3.97. The molecule has 0 saturated heterocycles. The van der Waals surface area contributed by atoms with E-state index in [1.165, 1.54) is 38.5 Å². The average molecular weight is 167 g/mol. The summed E-state index contributed by atoms with van der Waals surface area (Å²) in [5, 5.41) is 3.55. The van der Waals surface area contributed by atoms with E-state index in [4.69, 9.17) is 0 Å². The van der Waals surface area contributed by atoms with Gasteiger partial charge in [0.2, 0.25) is 0 Å². The molecule has 0 aliphatic heterocycles. The molecular formula is C11H21N. The van der Waals surface area contributed by atoms with Gasteiger partial charge in [-0.2, -0.15) is 0 Å². The van der Waals surface area contributed by atoms with Crippen LogP contribution in [-0.2, 0) is 0 Å². The zero-order chi connectivity index (χ0) is 9.03. The van der Waals surface area contributed by atoms with E-state index < -0.39 is 0 Å². The molecule has 70 valence electrons. The van der Waals surface area contributed by atoms with Crippen LogP contribution in [0.4, 0.5) is 0 Å². The van der Waals surface area contributed by atoms with Crippen molar-refractivity contribution >= 4 is 0 Å². The standard InChI is InChI=1S/C11H21N/c1-4-11(12-10(2)3)8-6-5-7-9-11/h12H,2,4-9H2,1,3H3. The largest absolute Gasteiger partial charge is 0.384 e. The molecule has 1 nitrogen and oxygen atoms in total. The smallest absolute Gasteiger partial charge is 0.0367 e. The van der Waals surface area contributed by atoms with E-state index in [-0.39, 0.29) is 0 Å². The van der Waals surface area contributed by atoms with Gasteiger partial charge in [-0.05, 0) is 26.2 Å². The highest BCUT2D eigenvalue weighted by Crippen LogP contribution is 2.31. The second-order valence-corrected chi connectivity index (χ2v) is 4.10. The number of hydrogen-bond donors (Lipinski definition) is 1. The minimum absolute atomic E-state index is 0.393. The molecule has 0 amide bonds. The van der Waals surface area contributed by atoms with Gasteiger partial charge in [0.1, 0.15) is 0 Å². The zero-order valence-electron chi connectivity index (χ0n) is 8.45. The number of rotatable bonds is 3. The van der Waals surface area contributed by atoms with Crippen LogP contribution in [0.15, 0.2) is 12.3 Å². The highest BCUT2D eigenvalue weighted by Gasteiger charge is 2.29. The molecule has 0 radical (unpaired) electrons. The van der Waals surface area contributed by atoms with Crippen molar-refractivity contribution in [1.29, 1.82) is 0 Å². The van der Waals surface area contributed by atoms with Gasteiger partial charge in [-0.1, -0.05) is 32.8 Å². The van der Waals surface area contributed by atoms with E-state index in [1.54, 1.807) is 0 Å². The summed E-state index contributed by atoms with van der Waals surface area (Å²) in [7, 11) is 0. The normalized spacial score (nSPS) is 21.8. The molecule has 1 fully saturated rings. The van der Waals surface area contributed by atoms with Gasteiger partial charge in [0.15, 0.2) is 0 Å². The molecule has 0 heterocycles. The highest BCUT2D eigenvalue weighted by molar-refractivity contribution is 4.99.